The van der Waals surface area contributed by atoms with Gasteiger partial charge >= 0.3 is 0 Å². The zero-order valence-electron chi connectivity index (χ0n) is 18.0. The predicted molar refractivity (Wildman–Crippen MR) is 119 cm³/mol. The third-order valence-corrected chi connectivity index (χ3v) is 4.77. The lowest BCUT2D eigenvalue weighted by molar-refractivity contribution is -0.0176. The van der Waals surface area contributed by atoms with Crippen molar-refractivity contribution in [1.29, 1.82) is 0 Å². The van der Waals surface area contributed by atoms with Crippen LogP contribution in [0.2, 0.25) is 0 Å². The summed E-state index contributed by atoms with van der Waals surface area (Å²) in [6.07, 6.45) is 0. The van der Waals surface area contributed by atoms with Crippen LogP contribution in [0.15, 0.2) is 29.4 Å². The molecule has 1 heterocycles. The van der Waals surface area contributed by atoms with Gasteiger partial charge in [-0.2, -0.15) is 0 Å². The van der Waals surface area contributed by atoms with Gasteiger partial charge in [0.2, 0.25) is 0 Å². The molecule has 9 nitrogen and oxygen atoms in total. The van der Waals surface area contributed by atoms with Crippen LogP contribution in [-0.4, -0.2) is 107 Å². The normalized spacial score (nSPS) is 11.5. The summed E-state index contributed by atoms with van der Waals surface area (Å²) in [6.45, 7) is 6.28. The Kier molecular flexibility index (Phi) is 15.4. The van der Waals surface area contributed by atoms with E-state index in [4.69, 9.17) is 33.5 Å². The first-order chi connectivity index (χ1) is 15.4. The van der Waals surface area contributed by atoms with E-state index in [1.165, 1.54) is 0 Å². The number of benzene rings is 1. The molecule has 0 aliphatic carbocycles. The van der Waals surface area contributed by atoms with Crippen LogP contribution in [0.3, 0.4) is 0 Å². The standard InChI is InChI=1S/C21H34N2O7S/c24-5-6-25-7-8-26-9-10-27-11-12-28-13-14-29-15-16-30-17-18-31-21-22-19-3-1-2-4-20(19)23-21/h1-4,24H,5-18H2,(H,22,23). The molecule has 2 N–H and O–H groups in total. The average molecular weight is 459 g/mol. The largest absolute Gasteiger partial charge is 0.394 e. The molecule has 31 heavy (non-hydrogen) atoms. The molecule has 0 atom stereocenters. The quantitative estimate of drug-likeness (QED) is 0.214. The number of nitrogens with one attached hydrogen (secondary N) is 1. The maximum Gasteiger partial charge on any atom is 0.166 e. The summed E-state index contributed by atoms with van der Waals surface area (Å²) in [5, 5.41) is 9.46. The molecule has 2 aromatic rings. The monoisotopic (exact) mass is 458 g/mol. The highest BCUT2D eigenvalue weighted by molar-refractivity contribution is 7.99. The van der Waals surface area contributed by atoms with E-state index in [0.29, 0.717) is 79.3 Å². The zero-order chi connectivity index (χ0) is 21.8. The molecule has 0 spiro atoms. The number of nitrogens with zero attached hydrogens (tertiary/aromatic N) is 1. The number of rotatable bonds is 21. The van der Waals surface area contributed by atoms with E-state index < -0.39 is 0 Å². The number of aromatic nitrogens is 2. The van der Waals surface area contributed by atoms with Crippen molar-refractivity contribution in [3.8, 4) is 0 Å². The smallest absolute Gasteiger partial charge is 0.166 e. The Morgan fingerprint density at radius 2 is 1.16 bits per heavy atom. The van der Waals surface area contributed by atoms with Crippen molar-refractivity contribution >= 4 is 22.8 Å². The highest BCUT2D eigenvalue weighted by Gasteiger charge is 2.02. The van der Waals surface area contributed by atoms with Crippen molar-refractivity contribution in [2.45, 2.75) is 5.16 Å². The van der Waals surface area contributed by atoms with Gasteiger partial charge in [-0.3, -0.25) is 0 Å². The van der Waals surface area contributed by atoms with Gasteiger partial charge in [0.05, 0.1) is 96.9 Å². The summed E-state index contributed by atoms with van der Waals surface area (Å²) in [5.74, 6) is 0.839. The lowest BCUT2D eigenvalue weighted by atomic mass is 10.3. The van der Waals surface area contributed by atoms with Crippen molar-refractivity contribution in [1.82, 2.24) is 9.97 Å². The third kappa shape index (κ3) is 13.0. The molecular formula is C21H34N2O7S. The molecule has 0 bridgehead atoms. The molecule has 176 valence electrons. The number of aromatic amines is 1. The topological polar surface area (TPSA) is 104 Å². The highest BCUT2D eigenvalue weighted by Crippen LogP contribution is 2.18. The number of thioether (sulfide) groups is 1. The second-order valence-corrected chi connectivity index (χ2v) is 7.39. The second-order valence-electron chi connectivity index (χ2n) is 6.31. The third-order valence-electron chi connectivity index (χ3n) is 3.93. The average Bonchev–Trinajstić information content (AvgIpc) is 3.20. The Labute approximate surface area is 187 Å². The lowest BCUT2D eigenvalue weighted by Gasteiger charge is -2.08. The molecule has 0 amide bonds. The number of hydrogen-bond acceptors (Lipinski definition) is 9. The summed E-state index contributed by atoms with van der Waals surface area (Å²) in [5.41, 5.74) is 2.04. The number of H-pyrrole nitrogens is 1. The summed E-state index contributed by atoms with van der Waals surface area (Å²) >= 11 is 1.65. The lowest BCUT2D eigenvalue weighted by Crippen LogP contribution is -2.14. The first kappa shape index (κ1) is 26.0. The SMILES string of the molecule is OCCOCCOCCOCCOCCOCCOCCSc1nc2ccccc2[nH]1. The fourth-order valence-corrected chi connectivity index (χ4v) is 3.20. The second kappa shape index (κ2) is 18.3. The van der Waals surface area contributed by atoms with Crippen LogP contribution in [0.25, 0.3) is 11.0 Å². The first-order valence-electron chi connectivity index (χ1n) is 10.5. The summed E-state index contributed by atoms with van der Waals surface area (Å²) in [6, 6.07) is 8.00. The molecule has 1 aromatic heterocycles. The Morgan fingerprint density at radius 1 is 0.677 bits per heavy atom. The predicted octanol–water partition coefficient (Wildman–Crippen LogP) is 1.75. The van der Waals surface area contributed by atoms with Crippen LogP contribution in [0, 0.1) is 0 Å². The number of hydrogen-bond donors (Lipinski definition) is 2. The van der Waals surface area contributed by atoms with Crippen LogP contribution in [0.1, 0.15) is 0 Å². The molecule has 0 radical (unpaired) electrons. The van der Waals surface area contributed by atoms with E-state index in [1.54, 1.807) is 11.8 Å². The number of aliphatic hydroxyl groups excluding tert-OH is 1. The molecule has 1 aromatic carbocycles. The van der Waals surface area contributed by atoms with Gasteiger partial charge in [0.15, 0.2) is 5.16 Å². The van der Waals surface area contributed by atoms with Crippen LogP contribution >= 0.6 is 11.8 Å². The van der Waals surface area contributed by atoms with Crippen molar-refractivity contribution in [2.24, 2.45) is 0 Å². The number of imidazole rings is 1. The van der Waals surface area contributed by atoms with Gasteiger partial charge in [-0.25, -0.2) is 4.98 Å². The van der Waals surface area contributed by atoms with E-state index in [2.05, 4.69) is 9.97 Å². The molecule has 0 saturated carbocycles. The Morgan fingerprint density at radius 3 is 1.68 bits per heavy atom. The van der Waals surface area contributed by atoms with Gasteiger partial charge < -0.3 is 38.5 Å². The fraction of sp³-hybridized carbons (Fsp3) is 0.667. The maximum atomic E-state index is 8.55. The van der Waals surface area contributed by atoms with E-state index in [9.17, 15) is 0 Å². The Balaban J connectivity index is 1.26. The summed E-state index contributed by atoms with van der Waals surface area (Å²) in [7, 11) is 0. The Bertz CT molecular complexity index is 641. The molecule has 0 aliphatic rings. The minimum atomic E-state index is 0.0341. The highest BCUT2D eigenvalue weighted by atomic mass is 32.2. The number of aliphatic hydroxyl groups is 1. The minimum absolute atomic E-state index is 0.0341. The number of para-hydroxylation sites is 2. The molecule has 0 unspecified atom stereocenters. The van der Waals surface area contributed by atoms with Crippen molar-refractivity contribution in [3.63, 3.8) is 0 Å². The first-order valence-corrected chi connectivity index (χ1v) is 11.5. The number of ether oxygens (including phenoxy) is 6. The molecule has 0 fully saturated rings. The van der Waals surface area contributed by atoms with Gasteiger partial charge in [0.1, 0.15) is 0 Å². The van der Waals surface area contributed by atoms with Crippen LogP contribution in [0.4, 0.5) is 0 Å². The minimum Gasteiger partial charge on any atom is -0.394 e. The van der Waals surface area contributed by atoms with Gasteiger partial charge in [0, 0.05) is 5.75 Å². The number of fused-ring (bicyclic) bond motifs is 1. The van der Waals surface area contributed by atoms with Gasteiger partial charge in [-0.05, 0) is 12.1 Å². The summed E-state index contributed by atoms with van der Waals surface area (Å²) in [4.78, 5) is 7.81. The van der Waals surface area contributed by atoms with Crippen LogP contribution < -0.4 is 0 Å². The molecule has 2 rings (SSSR count). The van der Waals surface area contributed by atoms with Crippen LogP contribution in [-0.2, 0) is 28.4 Å². The van der Waals surface area contributed by atoms with Gasteiger partial charge in [-0.15, -0.1) is 0 Å². The van der Waals surface area contributed by atoms with Gasteiger partial charge in [0.25, 0.3) is 0 Å². The molecule has 0 saturated heterocycles. The zero-order valence-corrected chi connectivity index (χ0v) is 18.8. The van der Waals surface area contributed by atoms with E-state index >= 15 is 0 Å². The van der Waals surface area contributed by atoms with Crippen molar-refractivity contribution < 1.29 is 33.5 Å². The molecular weight excluding hydrogens is 424 g/mol. The van der Waals surface area contributed by atoms with Gasteiger partial charge in [-0.1, -0.05) is 23.9 Å². The van der Waals surface area contributed by atoms with E-state index in [0.717, 1.165) is 21.9 Å². The maximum absolute atomic E-state index is 8.55. The fourth-order valence-electron chi connectivity index (χ4n) is 2.46. The van der Waals surface area contributed by atoms with Crippen molar-refractivity contribution in [3.05, 3.63) is 24.3 Å². The Hall–Kier alpha value is -1.24. The van der Waals surface area contributed by atoms with E-state index in [-0.39, 0.29) is 6.61 Å². The molecule has 10 heteroatoms. The van der Waals surface area contributed by atoms with E-state index in [1.807, 2.05) is 24.3 Å². The summed E-state index contributed by atoms with van der Waals surface area (Å²) < 4.78 is 32.3. The van der Waals surface area contributed by atoms with Crippen LogP contribution in [0.5, 0.6) is 0 Å². The van der Waals surface area contributed by atoms with Crippen molar-refractivity contribution in [2.75, 3.05) is 91.6 Å². The molecule has 0 aliphatic heterocycles.